The van der Waals surface area contributed by atoms with E-state index in [-0.39, 0.29) is 31.0 Å². The van der Waals surface area contributed by atoms with Crippen molar-refractivity contribution in [1.82, 2.24) is 15.0 Å². The van der Waals surface area contributed by atoms with Gasteiger partial charge in [-0.25, -0.2) is 23.7 Å². The highest BCUT2D eigenvalue weighted by atomic mass is 32.1. The van der Waals surface area contributed by atoms with Gasteiger partial charge in [-0.3, -0.25) is 10.1 Å². The molecule has 27 heavy (non-hydrogen) atoms. The molecule has 1 aliphatic rings. The average molecular weight is 387 g/mol. The van der Waals surface area contributed by atoms with Crippen LogP contribution in [0.1, 0.15) is 6.42 Å². The molecule has 1 N–H and O–H groups in total. The largest absolute Gasteiger partial charge is 0.350 e. The predicted octanol–water partition coefficient (Wildman–Crippen LogP) is 3.30. The molecule has 3 heterocycles. The van der Waals surface area contributed by atoms with Gasteiger partial charge in [0, 0.05) is 30.1 Å². The first kappa shape index (κ1) is 17.5. The second kappa shape index (κ2) is 6.99. The van der Waals surface area contributed by atoms with Gasteiger partial charge in [0.1, 0.15) is 12.0 Å². The fourth-order valence-electron chi connectivity index (χ4n) is 3.01. The third-order valence-electron chi connectivity index (χ3n) is 4.40. The van der Waals surface area contributed by atoms with Gasteiger partial charge in [0.2, 0.25) is 5.67 Å². The van der Waals surface area contributed by atoms with Crippen molar-refractivity contribution >= 4 is 28.2 Å². The summed E-state index contributed by atoms with van der Waals surface area (Å²) in [5.74, 6) is -1.42. The molecule has 1 atom stereocenters. The van der Waals surface area contributed by atoms with Crippen LogP contribution in [0.15, 0.2) is 48.2 Å². The number of nitrogens with zero attached hydrogens (tertiary/aromatic N) is 4. The van der Waals surface area contributed by atoms with Crippen molar-refractivity contribution in [2.45, 2.75) is 12.1 Å². The predicted molar refractivity (Wildman–Crippen MR) is 98.8 cm³/mol. The molecule has 0 radical (unpaired) electrons. The van der Waals surface area contributed by atoms with Gasteiger partial charge in [0.05, 0.1) is 6.54 Å². The summed E-state index contributed by atoms with van der Waals surface area (Å²) in [6, 6.07) is 8.85. The Balaban J connectivity index is 1.56. The molecule has 0 aliphatic carbocycles. The molecule has 0 saturated carbocycles. The molecule has 3 aromatic rings. The number of amides is 1. The standard InChI is InChI=1S/C18H15F2N5OS/c19-13-14(12-4-2-1-3-5-12)22-11-23-15(13)25-8-6-18(20,10-25)16(26)24-17-21-7-9-27-17/h1-5,7,9,11H,6,8,10H2,(H,21,24,26). The number of rotatable bonds is 4. The lowest BCUT2D eigenvalue weighted by molar-refractivity contribution is -0.126. The first-order valence-electron chi connectivity index (χ1n) is 8.27. The van der Waals surface area contributed by atoms with Crippen LogP contribution >= 0.6 is 11.3 Å². The number of anilines is 2. The smallest absolute Gasteiger partial charge is 0.265 e. The molecular formula is C18H15F2N5OS. The average Bonchev–Trinajstić information content (AvgIpc) is 3.33. The maximum absolute atomic E-state index is 15.1. The van der Waals surface area contributed by atoms with Crippen molar-refractivity contribution < 1.29 is 13.6 Å². The Morgan fingerprint density at radius 2 is 2.04 bits per heavy atom. The maximum atomic E-state index is 15.1. The lowest BCUT2D eigenvalue weighted by atomic mass is 10.1. The molecule has 138 valence electrons. The number of thiazole rings is 1. The van der Waals surface area contributed by atoms with Crippen LogP contribution in [-0.2, 0) is 4.79 Å². The number of halogens is 2. The van der Waals surface area contributed by atoms with Gasteiger partial charge in [-0.2, -0.15) is 0 Å². The van der Waals surface area contributed by atoms with E-state index in [1.165, 1.54) is 28.8 Å². The summed E-state index contributed by atoms with van der Waals surface area (Å²) in [5, 5.41) is 4.48. The van der Waals surface area contributed by atoms with Crippen molar-refractivity contribution in [2.24, 2.45) is 0 Å². The molecule has 4 rings (SSSR count). The highest BCUT2D eigenvalue weighted by Gasteiger charge is 2.46. The quantitative estimate of drug-likeness (QED) is 0.744. The van der Waals surface area contributed by atoms with Gasteiger partial charge in [0.25, 0.3) is 5.91 Å². The molecule has 2 aromatic heterocycles. The van der Waals surface area contributed by atoms with Crippen molar-refractivity contribution in [1.29, 1.82) is 0 Å². The lowest BCUT2D eigenvalue weighted by Crippen LogP contribution is -2.41. The van der Waals surface area contributed by atoms with E-state index in [2.05, 4.69) is 20.3 Å². The molecular weight excluding hydrogens is 372 g/mol. The monoisotopic (exact) mass is 387 g/mol. The SMILES string of the molecule is O=C(Nc1nccs1)C1(F)CCN(c2ncnc(-c3ccccc3)c2F)C1. The zero-order chi connectivity index (χ0) is 18.9. The van der Waals surface area contributed by atoms with Gasteiger partial charge in [-0.05, 0) is 0 Å². The normalized spacial score (nSPS) is 19.3. The first-order valence-corrected chi connectivity index (χ1v) is 9.15. The molecule has 6 nitrogen and oxygen atoms in total. The van der Waals surface area contributed by atoms with Gasteiger partial charge < -0.3 is 4.90 Å². The zero-order valence-electron chi connectivity index (χ0n) is 14.1. The van der Waals surface area contributed by atoms with Crippen molar-refractivity contribution in [3.8, 4) is 11.3 Å². The maximum Gasteiger partial charge on any atom is 0.265 e. The Kier molecular flexibility index (Phi) is 4.53. The van der Waals surface area contributed by atoms with Crippen LogP contribution in [0.2, 0.25) is 0 Å². The van der Waals surface area contributed by atoms with E-state index in [4.69, 9.17) is 0 Å². The minimum atomic E-state index is -2.14. The number of carbonyl (C=O) groups excluding carboxylic acids is 1. The fourth-order valence-corrected chi connectivity index (χ4v) is 3.54. The molecule has 1 amide bonds. The zero-order valence-corrected chi connectivity index (χ0v) is 14.9. The minimum Gasteiger partial charge on any atom is -0.350 e. The van der Waals surface area contributed by atoms with Crippen LogP contribution in [0.3, 0.4) is 0 Å². The number of nitrogens with one attached hydrogen (secondary N) is 1. The Morgan fingerprint density at radius 3 is 2.78 bits per heavy atom. The number of benzene rings is 1. The van der Waals surface area contributed by atoms with E-state index < -0.39 is 17.4 Å². The van der Waals surface area contributed by atoms with E-state index in [1.807, 2.05) is 6.07 Å². The Morgan fingerprint density at radius 1 is 1.22 bits per heavy atom. The molecule has 1 saturated heterocycles. The Hall–Kier alpha value is -2.94. The molecule has 1 fully saturated rings. The molecule has 0 bridgehead atoms. The van der Waals surface area contributed by atoms with Crippen molar-refractivity contribution in [2.75, 3.05) is 23.3 Å². The molecule has 9 heteroatoms. The van der Waals surface area contributed by atoms with Crippen LogP contribution < -0.4 is 10.2 Å². The van der Waals surface area contributed by atoms with Crippen LogP contribution in [0.5, 0.6) is 0 Å². The molecule has 1 aliphatic heterocycles. The van der Waals surface area contributed by atoms with Crippen molar-refractivity contribution in [3.63, 3.8) is 0 Å². The third kappa shape index (κ3) is 3.37. The lowest BCUT2D eigenvalue weighted by Gasteiger charge is -2.21. The number of hydrogen-bond acceptors (Lipinski definition) is 6. The first-order chi connectivity index (χ1) is 13.1. The number of hydrogen-bond donors (Lipinski definition) is 1. The number of alkyl halides is 1. The second-order valence-electron chi connectivity index (χ2n) is 6.15. The van der Waals surface area contributed by atoms with Crippen LogP contribution in [0.25, 0.3) is 11.3 Å². The van der Waals surface area contributed by atoms with Crippen LogP contribution in [-0.4, -0.2) is 39.6 Å². The Bertz CT molecular complexity index is 954. The number of aromatic nitrogens is 3. The van der Waals surface area contributed by atoms with Crippen molar-refractivity contribution in [3.05, 3.63) is 54.1 Å². The summed E-state index contributed by atoms with van der Waals surface area (Å²) in [4.78, 5) is 25.7. The van der Waals surface area contributed by atoms with E-state index in [0.29, 0.717) is 10.7 Å². The van der Waals surface area contributed by atoms with E-state index in [1.54, 1.807) is 29.6 Å². The molecule has 1 unspecified atom stereocenters. The molecule has 1 aromatic carbocycles. The summed E-state index contributed by atoms with van der Waals surface area (Å²) in [7, 11) is 0. The highest BCUT2D eigenvalue weighted by Crippen LogP contribution is 2.33. The molecule has 0 spiro atoms. The van der Waals surface area contributed by atoms with Gasteiger partial charge in [0.15, 0.2) is 16.8 Å². The summed E-state index contributed by atoms with van der Waals surface area (Å²) < 4.78 is 30.1. The van der Waals surface area contributed by atoms with Gasteiger partial charge >= 0.3 is 0 Å². The van der Waals surface area contributed by atoms with E-state index in [9.17, 15) is 9.18 Å². The highest BCUT2D eigenvalue weighted by molar-refractivity contribution is 7.13. The summed E-state index contributed by atoms with van der Waals surface area (Å²) in [5.41, 5.74) is -1.40. The summed E-state index contributed by atoms with van der Waals surface area (Å²) >= 11 is 1.20. The number of carbonyl (C=O) groups is 1. The second-order valence-corrected chi connectivity index (χ2v) is 7.05. The minimum absolute atomic E-state index is 0.00886. The van der Waals surface area contributed by atoms with Gasteiger partial charge in [-0.15, -0.1) is 11.3 Å². The van der Waals surface area contributed by atoms with Crippen LogP contribution in [0.4, 0.5) is 19.7 Å². The third-order valence-corrected chi connectivity index (χ3v) is 5.09. The topological polar surface area (TPSA) is 71.0 Å². The van der Waals surface area contributed by atoms with E-state index >= 15 is 4.39 Å². The van der Waals surface area contributed by atoms with Gasteiger partial charge in [-0.1, -0.05) is 30.3 Å². The fraction of sp³-hybridized carbons (Fsp3) is 0.222. The van der Waals surface area contributed by atoms with Crippen LogP contribution in [0, 0.1) is 5.82 Å². The summed E-state index contributed by atoms with van der Waals surface area (Å²) in [6.45, 7) is -0.115. The Labute approximate surface area is 157 Å². The van der Waals surface area contributed by atoms with E-state index in [0.717, 1.165) is 0 Å². The summed E-state index contributed by atoms with van der Waals surface area (Å²) in [6.07, 6.45) is 2.70.